The van der Waals surface area contributed by atoms with E-state index in [1.165, 1.54) is 12.8 Å². The van der Waals surface area contributed by atoms with Gasteiger partial charge in [-0.3, -0.25) is 9.69 Å². The van der Waals surface area contributed by atoms with Crippen LogP contribution in [0.2, 0.25) is 0 Å². The van der Waals surface area contributed by atoms with Gasteiger partial charge in [-0.05, 0) is 25.8 Å². The second-order valence-electron chi connectivity index (χ2n) is 4.86. The van der Waals surface area contributed by atoms with E-state index in [1.54, 1.807) is 0 Å². The van der Waals surface area contributed by atoms with Crippen molar-refractivity contribution in [3.8, 4) is 0 Å². The van der Waals surface area contributed by atoms with Crippen LogP contribution in [0.4, 0.5) is 0 Å². The van der Waals surface area contributed by atoms with Gasteiger partial charge in [0.2, 0.25) is 5.91 Å². The molecule has 2 N–H and O–H groups in total. The molecule has 1 aliphatic heterocycles. The van der Waals surface area contributed by atoms with Gasteiger partial charge in [0.25, 0.3) is 0 Å². The Bertz CT molecular complexity index is 221. The normalized spacial score (nSPS) is 22.1. The van der Waals surface area contributed by atoms with Crippen LogP contribution in [0.5, 0.6) is 0 Å². The van der Waals surface area contributed by atoms with Gasteiger partial charge in [-0.2, -0.15) is 0 Å². The summed E-state index contributed by atoms with van der Waals surface area (Å²) < 4.78 is 0. The van der Waals surface area contributed by atoms with E-state index in [0.717, 1.165) is 38.8 Å². The molecule has 0 bridgehead atoms. The number of nitrogens with zero attached hydrogens (tertiary/aromatic N) is 1. The smallest absolute Gasteiger partial charge is 0.234 e. The van der Waals surface area contributed by atoms with Gasteiger partial charge in [0.15, 0.2) is 0 Å². The number of nitrogens with one attached hydrogen (secondary N) is 1. The van der Waals surface area contributed by atoms with E-state index in [2.05, 4.69) is 17.1 Å². The summed E-state index contributed by atoms with van der Waals surface area (Å²) >= 11 is 0. The van der Waals surface area contributed by atoms with Crippen LogP contribution in [0.3, 0.4) is 0 Å². The largest absolute Gasteiger partial charge is 0.395 e. The van der Waals surface area contributed by atoms with Crippen LogP contribution in [-0.2, 0) is 4.79 Å². The number of hydrogen-bond donors (Lipinski definition) is 2. The summed E-state index contributed by atoms with van der Waals surface area (Å²) in [5.41, 5.74) is 0. The zero-order valence-electron chi connectivity index (χ0n) is 11.0. The van der Waals surface area contributed by atoms with E-state index in [9.17, 15) is 9.90 Å². The third kappa shape index (κ3) is 5.50. The number of carbonyl (C=O) groups is 1. The molecule has 0 spiro atoms. The van der Waals surface area contributed by atoms with Crippen molar-refractivity contribution in [2.24, 2.45) is 0 Å². The third-order valence-electron chi connectivity index (χ3n) is 3.41. The molecule has 1 fully saturated rings. The molecule has 0 saturated carbocycles. The van der Waals surface area contributed by atoms with Gasteiger partial charge in [0, 0.05) is 12.6 Å². The van der Waals surface area contributed by atoms with E-state index in [1.807, 2.05) is 0 Å². The van der Waals surface area contributed by atoms with Gasteiger partial charge in [0.1, 0.15) is 0 Å². The summed E-state index contributed by atoms with van der Waals surface area (Å²) in [6.07, 6.45) is 6.67. The number of likely N-dealkylation sites (tertiary alicyclic amines) is 1. The lowest BCUT2D eigenvalue weighted by Crippen LogP contribution is -2.44. The van der Waals surface area contributed by atoms with Crippen molar-refractivity contribution >= 4 is 5.91 Å². The topological polar surface area (TPSA) is 52.6 Å². The Morgan fingerprint density at radius 3 is 2.94 bits per heavy atom. The zero-order valence-corrected chi connectivity index (χ0v) is 11.0. The summed E-state index contributed by atoms with van der Waals surface area (Å²) in [5.74, 6) is 0.0961. The van der Waals surface area contributed by atoms with Crippen molar-refractivity contribution in [1.82, 2.24) is 10.2 Å². The van der Waals surface area contributed by atoms with Crippen molar-refractivity contribution < 1.29 is 9.90 Å². The van der Waals surface area contributed by atoms with Gasteiger partial charge in [-0.25, -0.2) is 0 Å². The molecule has 0 aromatic heterocycles. The van der Waals surface area contributed by atoms with Crippen LogP contribution in [-0.4, -0.2) is 48.2 Å². The maximum absolute atomic E-state index is 11.7. The molecule has 0 radical (unpaired) electrons. The van der Waals surface area contributed by atoms with Crippen molar-refractivity contribution in [1.29, 1.82) is 0 Å². The van der Waals surface area contributed by atoms with Gasteiger partial charge < -0.3 is 10.4 Å². The molecule has 1 unspecified atom stereocenters. The molecule has 1 heterocycles. The summed E-state index contributed by atoms with van der Waals surface area (Å²) in [6.45, 7) is 4.43. The molecule has 1 aliphatic rings. The summed E-state index contributed by atoms with van der Waals surface area (Å²) in [6, 6.07) is 0.175. The first-order valence-corrected chi connectivity index (χ1v) is 6.89. The molecule has 4 heteroatoms. The Balaban J connectivity index is 2.32. The molecule has 100 valence electrons. The molecule has 17 heavy (non-hydrogen) atoms. The highest BCUT2D eigenvalue weighted by Gasteiger charge is 2.21. The lowest BCUT2D eigenvalue weighted by molar-refractivity contribution is -0.123. The third-order valence-corrected chi connectivity index (χ3v) is 3.41. The molecule has 0 aliphatic carbocycles. The number of aliphatic hydroxyl groups excluding tert-OH is 1. The first-order chi connectivity index (χ1) is 8.27. The zero-order chi connectivity index (χ0) is 12.5. The highest BCUT2D eigenvalue weighted by molar-refractivity contribution is 5.78. The maximum Gasteiger partial charge on any atom is 0.234 e. The Hall–Kier alpha value is -0.610. The molecule has 1 rings (SSSR count). The predicted octanol–water partition coefficient (Wildman–Crippen LogP) is 1.14. The second kappa shape index (κ2) is 8.48. The summed E-state index contributed by atoms with van der Waals surface area (Å²) in [7, 11) is 0. The van der Waals surface area contributed by atoms with Crippen LogP contribution in [0.15, 0.2) is 0 Å². The van der Waals surface area contributed by atoms with Gasteiger partial charge in [-0.1, -0.05) is 26.2 Å². The standard InChI is InChI=1S/C13H26N2O2/c1-2-3-8-14-13(17)10-15-9-6-4-5-7-12(15)11-16/h12,16H,2-11H2,1H3,(H,14,17). The van der Waals surface area contributed by atoms with Crippen molar-refractivity contribution in [3.05, 3.63) is 0 Å². The minimum absolute atomic E-state index is 0.0961. The fourth-order valence-corrected chi connectivity index (χ4v) is 2.30. The first kappa shape index (κ1) is 14.5. The monoisotopic (exact) mass is 242 g/mol. The molecular formula is C13H26N2O2. The Kier molecular flexibility index (Phi) is 7.21. The number of rotatable bonds is 6. The van der Waals surface area contributed by atoms with E-state index < -0.39 is 0 Å². The number of aliphatic hydroxyl groups is 1. The highest BCUT2D eigenvalue weighted by atomic mass is 16.3. The number of hydrogen-bond acceptors (Lipinski definition) is 3. The number of unbranched alkanes of at least 4 members (excludes halogenated alkanes) is 1. The van der Waals surface area contributed by atoms with Crippen LogP contribution in [0.25, 0.3) is 0 Å². The van der Waals surface area contributed by atoms with E-state index in [0.29, 0.717) is 6.54 Å². The number of amides is 1. The molecule has 0 aromatic carbocycles. The number of carbonyl (C=O) groups excluding carboxylic acids is 1. The molecule has 1 atom stereocenters. The van der Waals surface area contributed by atoms with Gasteiger partial charge >= 0.3 is 0 Å². The molecule has 1 saturated heterocycles. The Labute approximate surface area is 104 Å². The lowest BCUT2D eigenvalue weighted by atomic mass is 10.1. The summed E-state index contributed by atoms with van der Waals surface area (Å²) in [5, 5.41) is 12.3. The second-order valence-corrected chi connectivity index (χ2v) is 4.86. The highest BCUT2D eigenvalue weighted by Crippen LogP contribution is 2.15. The maximum atomic E-state index is 11.7. The van der Waals surface area contributed by atoms with Crippen LogP contribution < -0.4 is 5.32 Å². The average molecular weight is 242 g/mol. The molecule has 4 nitrogen and oxygen atoms in total. The van der Waals surface area contributed by atoms with E-state index in [4.69, 9.17) is 0 Å². The van der Waals surface area contributed by atoms with Crippen LogP contribution >= 0.6 is 0 Å². The fraction of sp³-hybridized carbons (Fsp3) is 0.923. The predicted molar refractivity (Wildman–Crippen MR) is 68.8 cm³/mol. The molecular weight excluding hydrogens is 216 g/mol. The minimum atomic E-state index is 0.0961. The summed E-state index contributed by atoms with van der Waals surface area (Å²) in [4.78, 5) is 13.9. The molecule has 0 aromatic rings. The Morgan fingerprint density at radius 2 is 2.24 bits per heavy atom. The van der Waals surface area contributed by atoms with Crippen LogP contribution in [0, 0.1) is 0 Å². The van der Waals surface area contributed by atoms with Crippen molar-refractivity contribution in [2.45, 2.75) is 51.5 Å². The lowest BCUT2D eigenvalue weighted by Gasteiger charge is -2.27. The van der Waals surface area contributed by atoms with E-state index in [-0.39, 0.29) is 18.6 Å². The SMILES string of the molecule is CCCCNC(=O)CN1CCCCCC1CO. The van der Waals surface area contributed by atoms with Crippen molar-refractivity contribution in [3.63, 3.8) is 0 Å². The molecule has 1 amide bonds. The van der Waals surface area contributed by atoms with Crippen LogP contribution in [0.1, 0.15) is 45.4 Å². The first-order valence-electron chi connectivity index (χ1n) is 6.89. The fourth-order valence-electron chi connectivity index (χ4n) is 2.30. The quantitative estimate of drug-likeness (QED) is 0.687. The van der Waals surface area contributed by atoms with Gasteiger partial charge in [-0.15, -0.1) is 0 Å². The van der Waals surface area contributed by atoms with Crippen molar-refractivity contribution in [2.75, 3.05) is 26.2 Å². The Morgan fingerprint density at radius 1 is 1.41 bits per heavy atom. The van der Waals surface area contributed by atoms with E-state index >= 15 is 0 Å². The minimum Gasteiger partial charge on any atom is -0.395 e. The average Bonchev–Trinajstić information content (AvgIpc) is 2.54. The van der Waals surface area contributed by atoms with Gasteiger partial charge in [0.05, 0.1) is 13.2 Å².